The molecule has 20 heavy (non-hydrogen) atoms. The Morgan fingerprint density at radius 1 is 1.35 bits per heavy atom. The van der Waals surface area contributed by atoms with Crippen molar-refractivity contribution >= 4 is 6.09 Å². The van der Waals surface area contributed by atoms with Crippen molar-refractivity contribution in [3.05, 3.63) is 34.2 Å². The maximum absolute atomic E-state index is 12.0. The zero-order chi connectivity index (χ0) is 14.8. The predicted octanol–water partition coefficient (Wildman–Crippen LogP) is 2.49. The smallest absolute Gasteiger partial charge is 0.410 e. The number of carbonyl (C=O) groups is 1. The summed E-state index contributed by atoms with van der Waals surface area (Å²) in [7, 11) is 0. The van der Waals surface area contributed by atoms with Crippen LogP contribution in [0.3, 0.4) is 0 Å². The van der Waals surface area contributed by atoms with Crippen LogP contribution in [0.5, 0.6) is 0 Å². The summed E-state index contributed by atoms with van der Waals surface area (Å²) >= 11 is 0. The summed E-state index contributed by atoms with van der Waals surface area (Å²) in [5, 5.41) is 0. The van der Waals surface area contributed by atoms with Gasteiger partial charge in [-0.25, -0.2) is 4.79 Å². The molecule has 1 aliphatic heterocycles. The molecule has 1 fully saturated rings. The van der Waals surface area contributed by atoms with E-state index in [1.54, 1.807) is 23.4 Å². The average molecular weight is 278 g/mol. The number of hydrogen-bond donors (Lipinski definition) is 1. The van der Waals surface area contributed by atoms with Crippen molar-refractivity contribution in [2.75, 3.05) is 13.1 Å². The first-order valence-electron chi connectivity index (χ1n) is 7.02. The molecule has 1 N–H and O–H groups in total. The molecule has 2 heterocycles. The fourth-order valence-corrected chi connectivity index (χ4v) is 2.45. The van der Waals surface area contributed by atoms with E-state index in [1.165, 1.54) is 0 Å². The minimum absolute atomic E-state index is 0.0690. The van der Waals surface area contributed by atoms with Gasteiger partial charge in [-0.15, -0.1) is 0 Å². The van der Waals surface area contributed by atoms with Crippen molar-refractivity contribution in [3.8, 4) is 0 Å². The molecular weight excluding hydrogens is 256 g/mol. The van der Waals surface area contributed by atoms with Crippen LogP contribution in [-0.4, -0.2) is 34.7 Å². The highest BCUT2D eigenvalue weighted by molar-refractivity contribution is 5.68. The Bertz CT molecular complexity index is 522. The second-order valence-electron chi connectivity index (χ2n) is 6.21. The Morgan fingerprint density at radius 3 is 2.55 bits per heavy atom. The third-order valence-electron chi connectivity index (χ3n) is 3.44. The molecule has 0 bridgehead atoms. The number of likely N-dealkylation sites (tertiary alicyclic amines) is 1. The molecule has 0 unspecified atom stereocenters. The van der Waals surface area contributed by atoms with Crippen molar-refractivity contribution in [3.63, 3.8) is 0 Å². The number of carbonyl (C=O) groups excluding carboxylic acids is 1. The number of pyridine rings is 1. The summed E-state index contributed by atoms with van der Waals surface area (Å²) in [6.07, 6.45) is 4.74. The molecule has 1 aromatic heterocycles. The zero-order valence-corrected chi connectivity index (χ0v) is 12.3. The average Bonchev–Trinajstić information content (AvgIpc) is 2.37. The van der Waals surface area contributed by atoms with Gasteiger partial charge in [0.1, 0.15) is 5.60 Å². The van der Waals surface area contributed by atoms with Crippen LogP contribution in [0.4, 0.5) is 4.79 Å². The first-order valence-corrected chi connectivity index (χ1v) is 7.02. The zero-order valence-electron chi connectivity index (χ0n) is 12.3. The number of aromatic nitrogens is 1. The number of nitrogens with zero attached hydrogens (tertiary/aromatic N) is 1. The number of aromatic amines is 1. The fourth-order valence-electron chi connectivity index (χ4n) is 2.45. The van der Waals surface area contributed by atoms with Gasteiger partial charge in [0.15, 0.2) is 5.43 Å². The number of ether oxygens (including phenoxy) is 1. The first-order chi connectivity index (χ1) is 9.37. The van der Waals surface area contributed by atoms with E-state index in [0.717, 1.165) is 18.4 Å². The summed E-state index contributed by atoms with van der Waals surface area (Å²) in [4.78, 5) is 28.4. The Labute approximate surface area is 118 Å². The van der Waals surface area contributed by atoms with Crippen LogP contribution in [0.1, 0.15) is 45.1 Å². The largest absolute Gasteiger partial charge is 0.444 e. The highest BCUT2D eigenvalue weighted by Gasteiger charge is 2.28. The van der Waals surface area contributed by atoms with Crippen LogP contribution in [-0.2, 0) is 4.74 Å². The summed E-state index contributed by atoms with van der Waals surface area (Å²) in [6, 6.07) is 1.55. The number of H-pyrrole nitrogens is 1. The summed E-state index contributed by atoms with van der Waals surface area (Å²) in [6.45, 7) is 6.85. The monoisotopic (exact) mass is 278 g/mol. The minimum Gasteiger partial charge on any atom is -0.444 e. The molecule has 1 saturated heterocycles. The van der Waals surface area contributed by atoms with Gasteiger partial charge in [0, 0.05) is 37.1 Å². The van der Waals surface area contributed by atoms with E-state index in [2.05, 4.69) is 4.98 Å². The van der Waals surface area contributed by atoms with Gasteiger partial charge in [0.2, 0.25) is 0 Å². The normalized spacial score (nSPS) is 17.1. The first kappa shape index (κ1) is 14.6. The fraction of sp³-hybridized carbons (Fsp3) is 0.600. The maximum Gasteiger partial charge on any atom is 0.410 e. The van der Waals surface area contributed by atoms with E-state index in [-0.39, 0.29) is 17.4 Å². The molecule has 0 atom stereocenters. The molecule has 0 saturated carbocycles. The van der Waals surface area contributed by atoms with Crippen LogP contribution >= 0.6 is 0 Å². The molecule has 5 heteroatoms. The topological polar surface area (TPSA) is 62.4 Å². The standard InChI is InChI=1S/C15H22N2O3/c1-15(2,3)20-14(19)17-8-5-11(6-9-17)12-10-16-7-4-13(12)18/h4,7,10-11H,5-6,8-9H2,1-3H3,(H,16,18). The van der Waals surface area contributed by atoms with E-state index in [4.69, 9.17) is 4.74 Å². The molecule has 5 nitrogen and oxygen atoms in total. The van der Waals surface area contributed by atoms with Gasteiger partial charge in [0.05, 0.1) is 0 Å². The Morgan fingerprint density at radius 2 is 2.00 bits per heavy atom. The summed E-state index contributed by atoms with van der Waals surface area (Å²) < 4.78 is 5.36. The third kappa shape index (κ3) is 3.62. The molecular formula is C15H22N2O3. The Kier molecular flexibility index (Phi) is 4.16. The number of rotatable bonds is 1. The van der Waals surface area contributed by atoms with E-state index in [1.807, 2.05) is 20.8 Å². The molecule has 1 aliphatic rings. The van der Waals surface area contributed by atoms with Gasteiger partial charge in [0.25, 0.3) is 0 Å². The Balaban J connectivity index is 1.95. The highest BCUT2D eigenvalue weighted by atomic mass is 16.6. The molecule has 0 spiro atoms. The number of nitrogens with one attached hydrogen (secondary N) is 1. The van der Waals surface area contributed by atoms with Gasteiger partial charge in [-0.05, 0) is 39.5 Å². The van der Waals surface area contributed by atoms with Crippen molar-refractivity contribution < 1.29 is 9.53 Å². The van der Waals surface area contributed by atoms with Gasteiger partial charge >= 0.3 is 6.09 Å². The lowest BCUT2D eigenvalue weighted by atomic mass is 9.90. The second-order valence-corrected chi connectivity index (χ2v) is 6.21. The molecule has 1 amide bonds. The van der Waals surface area contributed by atoms with E-state index >= 15 is 0 Å². The van der Waals surface area contributed by atoms with Gasteiger partial charge < -0.3 is 14.6 Å². The minimum atomic E-state index is -0.468. The molecule has 0 aromatic carbocycles. The van der Waals surface area contributed by atoms with E-state index in [9.17, 15) is 9.59 Å². The summed E-state index contributed by atoms with van der Waals surface area (Å²) in [5.41, 5.74) is 0.417. The lowest BCUT2D eigenvalue weighted by Gasteiger charge is -2.33. The van der Waals surface area contributed by atoms with Crippen LogP contribution < -0.4 is 5.43 Å². The van der Waals surface area contributed by atoms with Crippen LogP contribution in [0.15, 0.2) is 23.3 Å². The Hall–Kier alpha value is -1.78. The second kappa shape index (κ2) is 5.69. The molecule has 2 rings (SSSR count). The molecule has 0 radical (unpaired) electrons. The number of piperidine rings is 1. The molecule has 0 aliphatic carbocycles. The van der Waals surface area contributed by atoms with Crippen LogP contribution in [0.25, 0.3) is 0 Å². The quantitative estimate of drug-likeness (QED) is 0.858. The molecule has 1 aromatic rings. The molecule has 110 valence electrons. The van der Waals surface area contributed by atoms with Gasteiger partial charge in [-0.3, -0.25) is 4.79 Å². The lowest BCUT2D eigenvalue weighted by molar-refractivity contribution is 0.0204. The highest BCUT2D eigenvalue weighted by Crippen LogP contribution is 2.26. The maximum atomic E-state index is 12.0. The SMILES string of the molecule is CC(C)(C)OC(=O)N1CCC(c2c[nH]ccc2=O)CC1. The van der Waals surface area contributed by atoms with Crippen LogP contribution in [0, 0.1) is 0 Å². The van der Waals surface area contributed by atoms with Gasteiger partial charge in [-0.2, -0.15) is 0 Å². The van der Waals surface area contributed by atoms with Gasteiger partial charge in [-0.1, -0.05) is 0 Å². The number of amides is 1. The van der Waals surface area contributed by atoms with Crippen molar-refractivity contribution in [2.45, 2.75) is 45.1 Å². The van der Waals surface area contributed by atoms with Crippen molar-refractivity contribution in [1.29, 1.82) is 0 Å². The van der Waals surface area contributed by atoms with E-state index < -0.39 is 5.60 Å². The number of hydrogen-bond acceptors (Lipinski definition) is 3. The third-order valence-corrected chi connectivity index (χ3v) is 3.44. The van der Waals surface area contributed by atoms with Crippen LogP contribution in [0.2, 0.25) is 0 Å². The predicted molar refractivity (Wildman–Crippen MR) is 76.8 cm³/mol. The summed E-state index contributed by atoms with van der Waals surface area (Å²) in [5.74, 6) is 0.221. The lowest BCUT2D eigenvalue weighted by Crippen LogP contribution is -2.41. The van der Waals surface area contributed by atoms with Crippen molar-refractivity contribution in [2.24, 2.45) is 0 Å². The van der Waals surface area contributed by atoms with Crippen molar-refractivity contribution in [1.82, 2.24) is 9.88 Å². The van der Waals surface area contributed by atoms with E-state index in [0.29, 0.717) is 13.1 Å².